The van der Waals surface area contributed by atoms with Gasteiger partial charge in [0.1, 0.15) is 0 Å². The van der Waals surface area contributed by atoms with E-state index in [1.165, 1.54) is 24.8 Å². The summed E-state index contributed by atoms with van der Waals surface area (Å²) in [5.74, 6) is 1.41. The Hall–Kier alpha value is -1.59. The van der Waals surface area contributed by atoms with E-state index in [4.69, 9.17) is 5.73 Å². The van der Waals surface area contributed by atoms with Crippen molar-refractivity contribution in [1.82, 2.24) is 15.1 Å². The van der Waals surface area contributed by atoms with Gasteiger partial charge in [-0.3, -0.25) is 9.89 Å². The first kappa shape index (κ1) is 18.2. The maximum atomic E-state index is 5.93. The Balaban J connectivity index is 1.24. The lowest BCUT2D eigenvalue weighted by Crippen LogP contribution is -2.46. The van der Waals surface area contributed by atoms with Crippen molar-refractivity contribution in [2.45, 2.75) is 32.2 Å². The van der Waals surface area contributed by atoms with Crippen LogP contribution in [-0.4, -0.2) is 61.6 Å². The molecule has 3 rings (SSSR count). The minimum Gasteiger partial charge on any atom is -0.370 e. The van der Waals surface area contributed by atoms with E-state index in [1.807, 2.05) is 0 Å². The molecule has 1 aromatic rings. The lowest BCUT2D eigenvalue weighted by atomic mass is 9.86. The van der Waals surface area contributed by atoms with Gasteiger partial charge in [-0.1, -0.05) is 36.8 Å². The predicted molar refractivity (Wildman–Crippen MR) is 105 cm³/mol. The van der Waals surface area contributed by atoms with Crippen LogP contribution in [0.2, 0.25) is 0 Å². The fourth-order valence-electron chi connectivity index (χ4n) is 3.49. The Morgan fingerprint density at radius 3 is 2.48 bits per heavy atom. The molecule has 2 fully saturated rings. The fraction of sp³-hybridized carbons (Fsp3) is 0.650. The van der Waals surface area contributed by atoms with Gasteiger partial charge < -0.3 is 16.0 Å². The van der Waals surface area contributed by atoms with Crippen LogP contribution in [0.5, 0.6) is 0 Å². The molecule has 0 aromatic heterocycles. The standard InChI is InChI=1S/C20H33N5/c21-20(23-16-18-8-4-9-18)22-10-5-11-24-12-14-25(15-13-24)17-19-6-2-1-3-7-19/h1-3,6-7,18H,4-5,8-17H2,(H3,21,22,23). The molecule has 1 aromatic carbocycles. The molecule has 2 aliphatic rings. The van der Waals surface area contributed by atoms with Gasteiger partial charge in [0.05, 0.1) is 0 Å². The molecule has 0 bridgehead atoms. The number of piperazine rings is 1. The van der Waals surface area contributed by atoms with Crippen molar-refractivity contribution in [3.63, 3.8) is 0 Å². The highest BCUT2D eigenvalue weighted by Gasteiger charge is 2.17. The summed E-state index contributed by atoms with van der Waals surface area (Å²) in [7, 11) is 0. The van der Waals surface area contributed by atoms with E-state index in [2.05, 4.69) is 50.4 Å². The van der Waals surface area contributed by atoms with E-state index in [9.17, 15) is 0 Å². The number of rotatable bonds is 8. The van der Waals surface area contributed by atoms with Gasteiger partial charge >= 0.3 is 0 Å². The SMILES string of the molecule is NC(=NCC1CCC1)NCCCN1CCN(Cc2ccccc2)CC1. The van der Waals surface area contributed by atoms with E-state index < -0.39 is 0 Å². The molecule has 3 N–H and O–H groups in total. The van der Waals surface area contributed by atoms with Gasteiger partial charge in [0, 0.05) is 45.8 Å². The van der Waals surface area contributed by atoms with Gasteiger partial charge in [0.2, 0.25) is 0 Å². The first-order chi connectivity index (χ1) is 12.3. The van der Waals surface area contributed by atoms with Crippen LogP contribution in [0.25, 0.3) is 0 Å². The number of hydrogen-bond acceptors (Lipinski definition) is 3. The van der Waals surface area contributed by atoms with E-state index in [0.717, 1.165) is 64.7 Å². The van der Waals surface area contributed by atoms with Crippen molar-refractivity contribution in [3.8, 4) is 0 Å². The number of nitrogens with zero attached hydrogens (tertiary/aromatic N) is 3. The van der Waals surface area contributed by atoms with Crippen LogP contribution in [0.15, 0.2) is 35.3 Å². The summed E-state index contributed by atoms with van der Waals surface area (Å²) >= 11 is 0. The molecule has 0 atom stereocenters. The van der Waals surface area contributed by atoms with E-state index in [1.54, 1.807) is 0 Å². The molecule has 0 amide bonds. The molecule has 5 heteroatoms. The number of aliphatic imine (C=N–C) groups is 1. The highest BCUT2D eigenvalue weighted by Crippen LogP contribution is 2.26. The highest BCUT2D eigenvalue weighted by molar-refractivity contribution is 5.77. The molecule has 138 valence electrons. The zero-order valence-electron chi connectivity index (χ0n) is 15.4. The average molecular weight is 344 g/mol. The van der Waals surface area contributed by atoms with Gasteiger partial charge in [0.25, 0.3) is 0 Å². The van der Waals surface area contributed by atoms with Crippen LogP contribution in [0.4, 0.5) is 0 Å². The van der Waals surface area contributed by atoms with Gasteiger partial charge in [-0.2, -0.15) is 0 Å². The topological polar surface area (TPSA) is 56.9 Å². The Bertz CT molecular complexity index is 518. The van der Waals surface area contributed by atoms with Crippen molar-refractivity contribution in [3.05, 3.63) is 35.9 Å². The van der Waals surface area contributed by atoms with Crippen LogP contribution >= 0.6 is 0 Å². The summed E-state index contributed by atoms with van der Waals surface area (Å²) in [5, 5.41) is 3.26. The zero-order chi connectivity index (χ0) is 17.3. The average Bonchev–Trinajstić information content (AvgIpc) is 2.60. The maximum absolute atomic E-state index is 5.93. The first-order valence-electron chi connectivity index (χ1n) is 9.82. The second-order valence-corrected chi connectivity index (χ2v) is 7.41. The zero-order valence-corrected chi connectivity index (χ0v) is 15.4. The summed E-state index contributed by atoms with van der Waals surface area (Å²) in [6, 6.07) is 10.8. The molecule has 0 spiro atoms. The minimum atomic E-state index is 0.625. The fourth-order valence-corrected chi connectivity index (χ4v) is 3.49. The van der Waals surface area contributed by atoms with E-state index >= 15 is 0 Å². The monoisotopic (exact) mass is 343 g/mol. The number of hydrogen-bond donors (Lipinski definition) is 2. The largest absolute Gasteiger partial charge is 0.370 e. The molecule has 1 aliphatic carbocycles. The molecule has 25 heavy (non-hydrogen) atoms. The number of nitrogens with two attached hydrogens (primary N) is 1. The summed E-state index contributed by atoms with van der Waals surface area (Å²) in [6.45, 7) is 8.69. The van der Waals surface area contributed by atoms with E-state index in [-0.39, 0.29) is 0 Å². The quantitative estimate of drug-likeness (QED) is 0.430. The minimum absolute atomic E-state index is 0.625. The van der Waals surface area contributed by atoms with Crippen LogP contribution < -0.4 is 11.1 Å². The van der Waals surface area contributed by atoms with Crippen LogP contribution in [-0.2, 0) is 6.54 Å². The van der Waals surface area contributed by atoms with Gasteiger partial charge in [-0.25, -0.2) is 0 Å². The lowest BCUT2D eigenvalue weighted by Gasteiger charge is -2.34. The van der Waals surface area contributed by atoms with Crippen LogP contribution in [0, 0.1) is 5.92 Å². The molecule has 5 nitrogen and oxygen atoms in total. The number of nitrogens with one attached hydrogen (secondary N) is 1. The van der Waals surface area contributed by atoms with Crippen molar-refractivity contribution in [2.75, 3.05) is 45.8 Å². The highest BCUT2D eigenvalue weighted by atomic mass is 15.3. The molecule has 1 saturated carbocycles. The van der Waals surface area contributed by atoms with Crippen molar-refractivity contribution < 1.29 is 0 Å². The smallest absolute Gasteiger partial charge is 0.188 e. The molecule has 1 saturated heterocycles. The Morgan fingerprint density at radius 1 is 1.08 bits per heavy atom. The molecule has 0 radical (unpaired) electrons. The third-order valence-electron chi connectivity index (χ3n) is 5.42. The van der Waals surface area contributed by atoms with Crippen molar-refractivity contribution >= 4 is 5.96 Å². The normalized spacial score (nSPS) is 20.4. The third-order valence-corrected chi connectivity index (χ3v) is 5.42. The Morgan fingerprint density at radius 2 is 1.80 bits per heavy atom. The predicted octanol–water partition coefficient (Wildman–Crippen LogP) is 1.90. The first-order valence-corrected chi connectivity index (χ1v) is 9.82. The van der Waals surface area contributed by atoms with Crippen LogP contribution in [0.1, 0.15) is 31.2 Å². The molecular formula is C20H33N5. The molecule has 0 unspecified atom stereocenters. The van der Waals surface area contributed by atoms with Crippen molar-refractivity contribution in [1.29, 1.82) is 0 Å². The summed E-state index contributed by atoms with van der Waals surface area (Å²) in [5.41, 5.74) is 7.34. The number of benzene rings is 1. The van der Waals surface area contributed by atoms with Crippen LogP contribution in [0.3, 0.4) is 0 Å². The summed E-state index contributed by atoms with van der Waals surface area (Å²) in [4.78, 5) is 9.55. The summed E-state index contributed by atoms with van der Waals surface area (Å²) < 4.78 is 0. The molecule has 1 aliphatic heterocycles. The van der Waals surface area contributed by atoms with Gasteiger partial charge in [-0.05, 0) is 37.3 Å². The molecule has 1 heterocycles. The van der Waals surface area contributed by atoms with Gasteiger partial charge in [-0.15, -0.1) is 0 Å². The third kappa shape index (κ3) is 6.33. The number of guanidine groups is 1. The van der Waals surface area contributed by atoms with E-state index in [0.29, 0.717) is 5.96 Å². The second-order valence-electron chi connectivity index (χ2n) is 7.41. The lowest BCUT2D eigenvalue weighted by molar-refractivity contribution is 0.126. The maximum Gasteiger partial charge on any atom is 0.188 e. The van der Waals surface area contributed by atoms with Gasteiger partial charge in [0.15, 0.2) is 5.96 Å². The summed E-state index contributed by atoms with van der Waals surface area (Å²) in [6.07, 6.45) is 5.14. The Kier molecular flexibility index (Phi) is 7.12. The Labute approximate surface area is 152 Å². The second kappa shape index (κ2) is 9.78. The van der Waals surface area contributed by atoms with Crippen molar-refractivity contribution in [2.24, 2.45) is 16.6 Å². The molecular weight excluding hydrogens is 310 g/mol.